The molecule has 0 aliphatic heterocycles. The van der Waals surface area contributed by atoms with Crippen molar-refractivity contribution in [2.24, 2.45) is 5.92 Å². The molecule has 1 aromatic rings. The number of aryl methyl sites for hydroxylation is 1. The molecule has 3 nitrogen and oxygen atoms in total. The van der Waals surface area contributed by atoms with Crippen LogP contribution in [-0.2, 0) is 4.79 Å². The summed E-state index contributed by atoms with van der Waals surface area (Å²) in [5, 5.41) is 2.89. The zero-order valence-corrected chi connectivity index (χ0v) is 11.7. The normalized spacial score (nSPS) is 12.3. The zero-order valence-electron chi connectivity index (χ0n) is 11.7. The summed E-state index contributed by atoms with van der Waals surface area (Å²) >= 11 is 0. The average Bonchev–Trinajstić information content (AvgIpc) is 2.31. The second kappa shape index (κ2) is 7.04. The molecular weight excluding hydrogens is 226 g/mol. The Balaban J connectivity index is 2.43. The number of benzene rings is 1. The van der Waals surface area contributed by atoms with E-state index in [0.717, 1.165) is 17.7 Å². The molecule has 0 aliphatic rings. The monoisotopic (exact) mass is 249 g/mol. The van der Waals surface area contributed by atoms with Crippen LogP contribution in [-0.4, -0.2) is 18.6 Å². The van der Waals surface area contributed by atoms with Crippen molar-refractivity contribution in [1.82, 2.24) is 5.32 Å². The lowest BCUT2D eigenvalue weighted by molar-refractivity contribution is -0.127. The van der Waals surface area contributed by atoms with Gasteiger partial charge in [0.25, 0.3) is 5.91 Å². The van der Waals surface area contributed by atoms with Crippen LogP contribution in [0.5, 0.6) is 5.75 Å². The quantitative estimate of drug-likeness (QED) is 0.841. The Morgan fingerprint density at radius 1 is 1.28 bits per heavy atom. The van der Waals surface area contributed by atoms with Gasteiger partial charge >= 0.3 is 0 Å². The number of carbonyl (C=O) groups excluding carboxylic acids is 1. The molecule has 1 unspecified atom stereocenters. The number of para-hydroxylation sites is 1. The Morgan fingerprint density at radius 2 is 1.94 bits per heavy atom. The highest BCUT2D eigenvalue weighted by Crippen LogP contribution is 2.17. The fourth-order valence-corrected chi connectivity index (χ4v) is 1.56. The van der Waals surface area contributed by atoms with E-state index in [1.165, 1.54) is 0 Å². The minimum atomic E-state index is -0.460. The van der Waals surface area contributed by atoms with Crippen molar-refractivity contribution in [3.05, 3.63) is 29.8 Å². The van der Waals surface area contributed by atoms with Gasteiger partial charge in [-0.2, -0.15) is 0 Å². The summed E-state index contributed by atoms with van der Waals surface area (Å²) < 4.78 is 5.65. The highest BCUT2D eigenvalue weighted by atomic mass is 16.5. The second-order valence-electron chi connectivity index (χ2n) is 5.00. The first-order valence-corrected chi connectivity index (χ1v) is 6.50. The number of rotatable bonds is 6. The third-order valence-electron chi connectivity index (χ3n) is 2.79. The number of nitrogens with one attached hydrogen (secondary N) is 1. The molecule has 18 heavy (non-hydrogen) atoms. The molecule has 0 spiro atoms. The average molecular weight is 249 g/mol. The van der Waals surface area contributed by atoms with Gasteiger partial charge in [-0.05, 0) is 37.8 Å². The minimum Gasteiger partial charge on any atom is -0.481 e. The van der Waals surface area contributed by atoms with Gasteiger partial charge in [-0.3, -0.25) is 4.79 Å². The van der Waals surface area contributed by atoms with Crippen LogP contribution in [0.15, 0.2) is 24.3 Å². The van der Waals surface area contributed by atoms with Crippen molar-refractivity contribution in [3.63, 3.8) is 0 Å². The first-order chi connectivity index (χ1) is 8.50. The van der Waals surface area contributed by atoms with Gasteiger partial charge in [-0.25, -0.2) is 0 Å². The van der Waals surface area contributed by atoms with Gasteiger partial charge in [0, 0.05) is 6.54 Å². The SMILES string of the molecule is Cc1ccccc1OC(C)C(=O)NCCC(C)C. The summed E-state index contributed by atoms with van der Waals surface area (Å²) in [5.74, 6) is 1.31. The number of carbonyl (C=O) groups is 1. The minimum absolute atomic E-state index is 0.0566. The number of hydrogen-bond acceptors (Lipinski definition) is 2. The topological polar surface area (TPSA) is 38.3 Å². The molecular formula is C15H23NO2. The van der Waals surface area contributed by atoms with E-state index in [-0.39, 0.29) is 5.91 Å². The Kier molecular flexibility index (Phi) is 5.69. The first-order valence-electron chi connectivity index (χ1n) is 6.50. The van der Waals surface area contributed by atoms with E-state index in [9.17, 15) is 4.79 Å². The summed E-state index contributed by atoms with van der Waals surface area (Å²) in [6.45, 7) is 8.73. The van der Waals surface area contributed by atoms with E-state index in [0.29, 0.717) is 12.5 Å². The van der Waals surface area contributed by atoms with Crippen LogP contribution in [0, 0.1) is 12.8 Å². The standard InChI is InChI=1S/C15H23NO2/c1-11(2)9-10-16-15(17)13(4)18-14-8-6-5-7-12(14)3/h5-8,11,13H,9-10H2,1-4H3,(H,16,17). The molecule has 3 heteroatoms. The predicted molar refractivity (Wildman–Crippen MR) is 73.7 cm³/mol. The summed E-state index contributed by atoms with van der Waals surface area (Å²) in [6.07, 6.45) is 0.529. The number of hydrogen-bond donors (Lipinski definition) is 1. The molecule has 0 saturated heterocycles. The molecule has 0 radical (unpaired) electrons. The molecule has 1 rings (SSSR count). The summed E-state index contributed by atoms with van der Waals surface area (Å²) in [6, 6.07) is 7.72. The molecule has 0 heterocycles. The third kappa shape index (κ3) is 4.78. The Morgan fingerprint density at radius 3 is 2.56 bits per heavy atom. The maximum atomic E-state index is 11.8. The highest BCUT2D eigenvalue weighted by Gasteiger charge is 2.14. The van der Waals surface area contributed by atoms with Crippen LogP contribution >= 0.6 is 0 Å². The lowest BCUT2D eigenvalue weighted by Crippen LogP contribution is -2.37. The van der Waals surface area contributed by atoms with Gasteiger partial charge in [0.2, 0.25) is 0 Å². The van der Waals surface area contributed by atoms with Gasteiger partial charge in [0.15, 0.2) is 6.10 Å². The molecule has 1 aromatic carbocycles. The molecule has 1 amide bonds. The molecule has 100 valence electrons. The highest BCUT2D eigenvalue weighted by molar-refractivity contribution is 5.80. The van der Waals surface area contributed by atoms with Crippen molar-refractivity contribution in [2.45, 2.75) is 40.2 Å². The predicted octanol–water partition coefficient (Wildman–Crippen LogP) is 2.92. The van der Waals surface area contributed by atoms with Crippen molar-refractivity contribution in [3.8, 4) is 5.75 Å². The van der Waals surface area contributed by atoms with E-state index < -0.39 is 6.10 Å². The smallest absolute Gasteiger partial charge is 0.260 e. The maximum absolute atomic E-state index is 11.8. The van der Waals surface area contributed by atoms with Gasteiger partial charge in [0.1, 0.15) is 5.75 Å². The van der Waals surface area contributed by atoms with Crippen LogP contribution in [0.2, 0.25) is 0 Å². The van der Waals surface area contributed by atoms with Crippen LogP contribution in [0.4, 0.5) is 0 Å². The fraction of sp³-hybridized carbons (Fsp3) is 0.533. The van der Waals surface area contributed by atoms with Crippen molar-refractivity contribution >= 4 is 5.91 Å². The van der Waals surface area contributed by atoms with Crippen LogP contribution in [0.3, 0.4) is 0 Å². The summed E-state index contributed by atoms with van der Waals surface area (Å²) in [5.41, 5.74) is 1.04. The number of ether oxygens (including phenoxy) is 1. The van der Waals surface area contributed by atoms with Crippen molar-refractivity contribution < 1.29 is 9.53 Å². The van der Waals surface area contributed by atoms with E-state index in [4.69, 9.17) is 4.74 Å². The molecule has 1 N–H and O–H groups in total. The van der Waals surface area contributed by atoms with Crippen molar-refractivity contribution in [1.29, 1.82) is 0 Å². The Labute approximate surface area is 110 Å². The molecule has 0 saturated carbocycles. The zero-order chi connectivity index (χ0) is 13.5. The molecule has 0 aliphatic carbocycles. The molecule has 1 atom stereocenters. The lowest BCUT2D eigenvalue weighted by Gasteiger charge is -2.16. The molecule has 0 aromatic heterocycles. The fourth-order valence-electron chi connectivity index (χ4n) is 1.56. The number of amides is 1. The largest absolute Gasteiger partial charge is 0.481 e. The van der Waals surface area contributed by atoms with Crippen LogP contribution < -0.4 is 10.1 Å². The van der Waals surface area contributed by atoms with Crippen LogP contribution in [0.25, 0.3) is 0 Å². The van der Waals surface area contributed by atoms with Gasteiger partial charge in [0.05, 0.1) is 0 Å². The Bertz CT molecular complexity index is 388. The van der Waals surface area contributed by atoms with Gasteiger partial charge in [-0.1, -0.05) is 32.0 Å². The Hall–Kier alpha value is -1.51. The van der Waals surface area contributed by atoms with E-state index in [1.54, 1.807) is 6.92 Å². The van der Waals surface area contributed by atoms with Crippen molar-refractivity contribution in [2.75, 3.05) is 6.54 Å². The maximum Gasteiger partial charge on any atom is 0.260 e. The lowest BCUT2D eigenvalue weighted by atomic mass is 10.1. The van der Waals surface area contributed by atoms with Crippen LogP contribution in [0.1, 0.15) is 32.8 Å². The second-order valence-corrected chi connectivity index (χ2v) is 5.00. The first kappa shape index (κ1) is 14.6. The summed E-state index contributed by atoms with van der Waals surface area (Å²) in [7, 11) is 0. The van der Waals surface area contributed by atoms with E-state index >= 15 is 0 Å². The van der Waals surface area contributed by atoms with Gasteiger partial charge in [-0.15, -0.1) is 0 Å². The third-order valence-corrected chi connectivity index (χ3v) is 2.79. The van der Waals surface area contributed by atoms with E-state index in [2.05, 4.69) is 19.2 Å². The molecule has 0 fully saturated rings. The van der Waals surface area contributed by atoms with Gasteiger partial charge < -0.3 is 10.1 Å². The summed E-state index contributed by atoms with van der Waals surface area (Å²) in [4.78, 5) is 11.8. The van der Waals surface area contributed by atoms with E-state index in [1.807, 2.05) is 31.2 Å². The molecule has 0 bridgehead atoms.